The maximum Gasteiger partial charge on any atom is 0.279 e. The first-order valence-electron chi connectivity index (χ1n) is 12.2. The lowest BCUT2D eigenvalue weighted by Crippen LogP contribution is -2.38. The van der Waals surface area contributed by atoms with E-state index >= 15 is 0 Å². The molecule has 5 aromatic rings. The second-order valence-corrected chi connectivity index (χ2v) is 11.1. The van der Waals surface area contributed by atoms with E-state index in [2.05, 4.69) is 15.1 Å². The Bertz CT molecular complexity index is 1770. The smallest absolute Gasteiger partial charge is 0.279 e. The molecule has 9 nitrogen and oxygen atoms in total. The summed E-state index contributed by atoms with van der Waals surface area (Å²) in [5, 5.41) is 15.5. The minimum atomic E-state index is -4.05. The number of nitriles is 1. The molecule has 0 saturated carbocycles. The summed E-state index contributed by atoms with van der Waals surface area (Å²) in [4.78, 5) is 8.79. The Kier molecular flexibility index (Phi) is 6.02. The van der Waals surface area contributed by atoms with Gasteiger partial charge in [0.25, 0.3) is 15.1 Å². The molecule has 1 saturated heterocycles. The van der Waals surface area contributed by atoms with Gasteiger partial charge in [-0.2, -0.15) is 19.5 Å². The zero-order valence-electron chi connectivity index (χ0n) is 20.5. The number of oxazole rings is 1. The number of aromatic nitrogens is 3. The SMILES string of the molecule is Cc1ccc(-c2nc(C#N)c(S(=O)(=O)N3CCC(c4nc(-c5cccc6ccccc56)no4)CC3)o2)cc1. The third kappa shape index (κ3) is 4.26. The molecule has 0 unspecified atom stereocenters. The fourth-order valence-electron chi connectivity index (χ4n) is 4.76. The van der Waals surface area contributed by atoms with E-state index in [0.29, 0.717) is 30.1 Å². The second kappa shape index (κ2) is 9.52. The van der Waals surface area contributed by atoms with Crippen LogP contribution in [0.5, 0.6) is 0 Å². The summed E-state index contributed by atoms with van der Waals surface area (Å²) in [6.45, 7) is 2.40. The fraction of sp³-hybridized carbons (Fsp3) is 0.214. The van der Waals surface area contributed by atoms with Gasteiger partial charge in [0.15, 0.2) is 5.69 Å². The molecule has 1 fully saturated rings. The lowest BCUT2D eigenvalue weighted by Gasteiger charge is -2.28. The molecule has 3 aromatic carbocycles. The van der Waals surface area contributed by atoms with Crippen molar-refractivity contribution in [2.45, 2.75) is 30.8 Å². The molecule has 3 heterocycles. The number of benzene rings is 3. The highest BCUT2D eigenvalue weighted by Gasteiger charge is 2.37. The predicted molar refractivity (Wildman–Crippen MR) is 139 cm³/mol. The standard InChI is InChI=1S/C28H23N5O4S/c1-18-9-11-20(12-10-18)26-30-24(17-29)28(36-26)38(34,35)33-15-13-21(14-16-33)27-31-25(32-37-27)23-8-4-6-19-5-2-3-7-22(19)23/h2-12,21H,13-16H2,1H3. The Morgan fingerprint density at radius 1 is 0.974 bits per heavy atom. The van der Waals surface area contributed by atoms with Crippen molar-refractivity contribution in [1.82, 2.24) is 19.4 Å². The normalized spacial score (nSPS) is 15.1. The van der Waals surface area contributed by atoms with E-state index in [9.17, 15) is 13.7 Å². The van der Waals surface area contributed by atoms with Crippen molar-refractivity contribution in [1.29, 1.82) is 5.26 Å². The number of sulfonamides is 1. The van der Waals surface area contributed by atoms with Crippen molar-refractivity contribution in [3.05, 3.63) is 83.9 Å². The van der Waals surface area contributed by atoms with Gasteiger partial charge in [-0.25, -0.2) is 8.42 Å². The predicted octanol–water partition coefficient (Wildman–Crippen LogP) is 5.29. The van der Waals surface area contributed by atoms with Crippen LogP contribution in [-0.2, 0) is 10.0 Å². The Morgan fingerprint density at radius 3 is 2.47 bits per heavy atom. The highest BCUT2D eigenvalue weighted by atomic mass is 32.2. The molecule has 0 atom stereocenters. The summed E-state index contributed by atoms with van der Waals surface area (Å²) in [7, 11) is -4.05. The molecule has 0 N–H and O–H groups in total. The van der Waals surface area contributed by atoms with Crippen LogP contribution in [0, 0.1) is 18.3 Å². The molecule has 10 heteroatoms. The van der Waals surface area contributed by atoms with Gasteiger partial charge in [-0.3, -0.25) is 0 Å². The lowest BCUT2D eigenvalue weighted by molar-refractivity contribution is 0.267. The zero-order chi connectivity index (χ0) is 26.3. The van der Waals surface area contributed by atoms with Gasteiger partial charge in [0.2, 0.25) is 17.6 Å². The molecule has 0 bridgehead atoms. The summed E-state index contributed by atoms with van der Waals surface area (Å²) in [6, 6.07) is 23.1. The van der Waals surface area contributed by atoms with E-state index < -0.39 is 15.1 Å². The van der Waals surface area contributed by atoms with Gasteiger partial charge in [-0.05, 0) is 42.7 Å². The molecule has 0 spiro atoms. The third-order valence-electron chi connectivity index (χ3n) is 6.85. The molecular weight excluding hydrogens is 502 g/mol. The van der Waals surface area contributed by atoms with E-state index in [-0.39, 0.29) is 30.6 Å². The minimum Gasteiger partial charge on any atom is -0.422 e. The summed E-state index contributed by atoms with van der Waals surface area (Å²) in [5.41, 5.74) is 2.28. The number of rotatable bonds is 5. The van der Waals surface area contributed by atoms with Crippen molar-refractivity contribution in [3.63, 3.8) is 0 Å². The first-order chi connectivity index (χ1) is 18.4. The number of fused-ring (bicyclic) bond motifs is 1. The average molecular weight is 526 g/mol. The summed E-state index contributed by atoms with van der Waals surface area (Å²) in [6.07, 6.45) is 0.995. The van der Waals surface area contributed by atoms with E-state index in [1.54, 1.807) is 12.1 Å². The monoisotopic (exact) mass is 525 g/mol. The molecule has 0 amide bonds. The lowest BCUT2D eigenvalue weighted by atomic mass is 9.98. The molecule has 2 aromatic heterocycles. The third-order valence-corrected chi connectivity index (χ3v) is 8.64. The van der Waals surface area contributed by atoms with E-state index in [1.807, 2.05) is 67.6 Å². The van der Waals surface area contributed by atoms with Gasteiger partial charge in [0, 0.05) is 30.1 Å². The Labute approximate surface area is 219 Å². The van der Waals surface area contributed by atoms with Crippen molar-refractivity contribution in [2.24, 2.45) is 0 Å². The minimum absolute atomic E-state index is 0.0778. The van der Waals surface area contributed by atoms with Gasteiger partial charge in [0.05, 0.1) is 0 Å². The molecule has 38 heavy (non-hydrogen) atoms. The van der Waals surface area contributed by atoms with Gasteiger partial charge in [0.1, 0.15) is 6.07 Å². The topological polar surface area (TPSA) is 126 Å². The highest BCUT2D eigenvalue weighted by Crippen LogP contribution is 2.34. The molecule has 6 rings (SSSR count). The summed E-state index contributed by atoms with van der Waals surface area (Å²) >= 11 is 0. The molecule has 1 aliphatic heterocycles. The summed E-state index contributed by atoms with van der Waals surface area (Å²) < 4.78 is 39.4. The first kappa shape index (κ1) is 24.0. The van der Waals surface area contributed by atoms with Gasteiger partial charge >= 0.3 is 0 Å². The van der Waals surface area contributed by atoms with Crippen molar-refractivity contribution < 1.29 is 17.4 Å². The van der Waals surface area contributed by atoms with Crippen LogP contribution in [0.25, 0.3) is 33.6 Å². The van der Waals surface area contributed by atoms with Crippen LogP contribution in [0.4, 0.5) is 0 Å². The van der Waals surface area contributed by atoms with Gasteiger partial charge in [-0.15, -0.1) is 0 Å². The van der Waals surface area contributed by atoms with E-state index in [0.717, 1.165) is 21.9 Å². The average Bonchev–Trinajstić information content (AvgIpc) is 3.62. The largest absolute Gasteiger partial charge is 0.422 e. The maximum absolute atomic E-state index is 13.4. The van der Waals surface area contributed by atoms with Crippen LogP contribution in [-0.4, -0.2) is 40.9 Å². The molecule has 1 aliphatic rings. The van der Waals surface area contributed by atoms with Crippen LogP contribution in [0.15, 0.2) is 80.8 Å². The van der Waals surface area contributed by atoms with E-state index in [1.165, 1.54) is 4.31 Å². The first-order valence-corrected chi connectivity index (χ1v) is 13.7. The number of piperidine rings is 1. The Balaban J connectivity index is 1.20. The van der Waals surface area contributed by atoms with Crippen LogP contribution in [0.3, 0.4) is 0 Å². The van der Waals surface area contributed by atoms with E-state index in [4.69, 9.17) is 8.94 Å². The number of aryl methyl sites for hydroxylation is 1. The van der Waals surface area contributed by atoms with Crippen LogP contribution >= 0.6 is 0 Å². The quantitative estimate of drug-likeness (QED) is 0.303. The molecular formula is C28H23N5O4S. The Hall–Kier alpha value is -4.33. The van der Waals surface area contributed by atoms with Crippen LogP contribution < -0.4 is 0 Å². The molecule has 0 aliphatic carbocycles. The highest BCUT2D eigenvalue weighted by molar-refractivity contribution is 7.89. The summed E-state index contributed by atoms with van der Waals surface area (Å²) in [5.74, 6) is 1.02. The molecule has 0 radical (unpaired) electrons. The fourth-order valence-corrected chi connectivity index (χ4v) is 6.21. The maximum atomic E-state index is 13.4. The number of nitrogens with zero attached hydrogens (tertiary/aromatic N) is 5. The van der Waals surface area contributed by atoms with Gasteiger partial charge in [-0.1, -0.05) is 65.3 Å². The number of hydrogen-bond acceptors (Lipinski definition) is 8. The van der Waals surface area contributed by atoms with Crippen LogP contribution in [0.2, 0.25) is 0 Å². The van der Waals surface area contributed by atoms with Crippen molar-refractivity contribution >= 4 is 20.8 Å². The number of hydrogen-bond donors (Lipinski definition) is 0. The zero-order valence-corrected chi connectivity index (χ0v) is 21.4. The van der Waals surface area contributed by atoms with Crippen molar-refractivity contribution in [2.75, 3.05) is 13.1 Å². The van der Waals surface area contributed by atoms with Gasteiger partial charge < -0.3 is 8.94 Å². The second-order valence-electron chi connectivity index (χ2n) is 9.29. The van der Waals surface area contributed by atoms with Crippen molar-refractivity contribution in [3.8, 4) is 28.9 Å². The molecule has 190 valence electrons. The Morgan fingerprint density at radius 2 is 1.71 bits per heavy atom. The van der Waals surface area contributed by atoms with Crippen LogP contribution in [0.1, 0.15) is 35.9 Å².